The molecule has 0 bridgehead atoms. The summed E-state index contributed by atoms with van der Waals surface area (Å²) in [6, 6.07) is 16.7. The van der Waals surface area contributed by atoms with Crippen LogP contribution in [0.3, 0.4) is 0 Å². The highest BCUT2D eigenvalue weighted by atomic mass is 16.6. The predicted octanol–water partition coefficient (Wildman–Crippen LogP) is 5.89. The van der Waals surface area contributed by atoms with Gasteiger partial charge in [-0.3, -0.25) is 19.0 Å². The molecule has 70 heavy (non-hydrogen) atoms. The van der Waals surface area contributed by atoms with Gasteiger partial charge in [-0.15, -0.1) is 10.2 Å². The van der Waals surface area contributed by atoms with Crippen molar-refractivity contribution in [1.82, 2.24) is 39.4 Å². The Labute approximate surface area is 402 Å². The lowest BCUT2D eigenvalue weighted by molar-refractivity contribution is -0.157. The van der Waals surface area contributed by atoms with Crippen LogP contribution in [0.25, 0.3) is 39.4 Å². The van der Waals surface area contributed by atoms with E-state index in [0.29, 0.717) is 84.8 Å². The molecule has 6 heterocycles. The third-order valence-electron chi connectivity index (χ3n) is 13.6. The number of esters is 1. The van der Waals surface area contributed by atoms with Crippen LogP contribution in [0.5, 0.6) is 23.0 Å². The minimum absolute atomic E-state index is 0.0117. The number of aliphatic hydroxyl groups excluding tert-OH is 1. The Balaban J connectivity index is 0.846. The van der Waals surface area contributed by atoms with Crippen LogP contribution in [-0.2, 0) is 33.9 Å². The predicted molar refractivity (Wildman–Crippen MR) is 255 cm³/mol. The molecule has 6 aromatic rings. The first kappa shape index (κ1) is 47.3. The van der Waals surface area contributed by atoms with Crippen molar-refractivity contribution in [2.75, 3.05) is 33.2 Å². The number of nitrogens with zero attached hydrogens (tertiary/aromatic N) is 7. The second-order valence-electron chi connectivity index (χ2n) is 18.2. The molecule has 1 atom stereocenters. The number of likely N-dealkylation sites (N-methyl/N-ethyl adjacent to an activating group) is 1. The van der Waals surface area contributed by atoms with Gasteiger partial charge in [0.05, 0.1) is 34.6 Å². The van der Waals surface area contributed by atoms with E-state index < -0.39 is 29.7 Å². The summed E-state index contributed by atoms with van der Waals surface area (Å²) in [6.45, 7) is 10.6. The molecule has 3 amide bonds. The number of rotatable bonds is 12. The molecule has 19 nitrogen and oxygen atoms in total. The number of amides is 3. The van der Waals surface area contributed by atoms with Gasteiger partial charge in [-0.1, -0.05) is 27.7 Å². The van der Waals surface area contributed by atoms with Crippen molar-refractivity contribution in [3.8, 4) is 51.5 Å². The minimum Gasteiger partial charge on any atom is -0.508 e. The van der Waals surface area contributed by atoms with Crippen LogP contribution in [0, 0.1) is 0 Å². The molecule has 3 aromatic heterocycles. The van der Waals surface area contributed by atoms with Gasteiger partial charge in [0.1, 0.15) is 41.8 Å². The second-order valence-corrected chi connectivity index (χ2v) is 18.2. The fraction of sp³-hybridized carbons (Fsp3) is 0.373. The number of cyclic esters (lactones) is 1. The van der Waals surface area contributed by atoms with Gasteiger partial charge in [0.2, 0.25) is 11.7 Å². The van der Waals surface area contributed by atoms with Crippen LogP contribution in [0.1, 0.15) is 104 Å². The molecular weight excluding hydrogens is 901 g/mol. The van der Waals surface area contributed by atoms with Crippen molar-refractivity contribution >= 4 is 34.8 Å². The number of nitrogens with one attached hydrogen (secondary N) is 1. The molecule has 3 aliphatic heterocycles. The molecule has 364 valence electrons. The molecule has 3 aliphatic rings. The maximum atomic E-state index is 13.6. The number of aromatic nitrogens is 5. The molecule has 1 fully saturated rings. The van der Waals surface area contributed by atoms with Crippen molar-refractivity contribution in [2.24, 2.45) is 0 Å². The highest BCUT2D eigenvalue weighted by Crippen LogP contribution is 2.41. The maximum Gasteiger partial charge on any atom is 0.415 e. The van der Waals surface area contributed by atoms with E-state index in [4.69, 9.17) is 19.2 Å². The number of aryl methyl sites for hydroxylation is 1. The second kappa shape index (κ2) is 18.6. The molecule has 19 heteroatoms. The lowest BCUT2D eigenvalue weighted by atomic mass is 9.88. The molecule has 0 spiro atoms. The van der Waals surface area contributed by atoms with Crippen LogP contribution in [0.4, 0.5) is 4.79 Å². The average molecular weight is 955 g/mol. The number of phenolic OH excluding ortho intramolecular Hbond substituents is 2. The van der Waals surface area contributed by atoms with Gasteiger partial charge in [0, 0.05) is 67.8 Å². The van der Waals surface area contributed by atoms with Crippen molar-refractivity contribution in [3.63, 3.8) is 0 Å². The Hall–Kier alpha value is -7.80. The number of phenols is 2. The van der Waals surface area contributed by atoms with Gasteiger partial charge >= 0.3 is 12.1 Å². The normalized spacial score (nSPS) is 15.8. The highest BCUT2D eigenvalue weighted by Gasteiger charge is 2.38. The average Bonchev–Trinajstić information content (AvgIpc) is 3.95. The maximum absolute atomic E-state index is 13.6. The number of aromatic hydroxyl groups is 2. The SMILES string of the molecule is CCNC(=O)c1nnc(-c2cc(C(C)C)c(O)cc2O)n1-c1ccc(OC2(CC)CCN(C(=O)CN(C)C(=O)Oc3ccc4nc5c(c(CC)c4c3)Cn3c-5cc4c(c3=O)COC(=O)[C@H]4O)CC2)cc1. The summed E-state index contributed by atoms with van der Waals surface area (Å²) in [5, 5.41) is 43.9. The number of piperidine rings is 1. The smallest absolute Gasteiger partial charge is 0.415 e. The summed E-state index contributed by atoms with van der Waals surface area (Å²) >= 11 is 0. The number of fused-ring (bicyclic) bond motifs is 5. The number of hydrogen-bond acceptors (Lipinski definition) is 14. The topological polar surface area (TPSA) is 241 Å². The van der Waals surface area contributed by atoms with E-state index in [1.54, 1.807) is 75.6 Å². The van der Waals surface area contributed by atoms with Crippen molar-refractivity contribution in [3.05, 3.63) is 105 Å². The first-order chi connectivity index (χ1) is 33.5. The number of ether oxygens (including phenoxy) is 3. The Morgan fingerprint density at radius 1 is 0.943 bits per heavy atom. The fourth-order valence-corrected chi connectivity index (χ4v) is 9.63. The highest BCUT2D eigenvalue weighted by molar-refractivity contribution is 5.93. The number of aliphatic hydroxyl groups is 1. The van der Waals surface area contributed by atoms with E-state index in [2.05, 4.69) is 15.5 Å². The van der Waals surface area contributed by atoms with Crippen LogP contribution < -0.4 is 20.3 Å². The first-order valence-electron chi connectivity index (χ1n) is 23.4. The van der Waals surface area contributed by atoms with Gasteiger partial charge in [0.25, 0.3) is 11.5 Å². The van der Waals surface area contributed by atoms with Crippen molar-refractivity contribution < 1.29 is 48.7 Å². The summed E-state index contributed by atoms with van der Waals surface area (Å²) < 4.78 is 20.6. The summed E-state index contributed by atoms with van der Waals surface area (Å²) in [6.07, 6.45) is 0.0351. The standard InChI is InChI=1S/C51H54N8O11/c1-7-31-33-20-30(14-15-38(33)53-43-36(31)24-58-39(43)22-34-37(48(58)65)26-68-49(66)44(34)63)69-50(67)56(6)25-42(62)57-18-16-51(8-2,17-19-57)70-29-12-10-28(11-13-29)59-45(54-55-46(59)47(64)52-9-3)35-21-32(27(4)5)40(60)23-41(35)61/h10-15,20-23,27,44,60-61,63H,7-9,16-19,24-26H2,1-6H3,(H,52,64)/t44-/m0/s1. The monoisotopic (exact) mass is 954 g/mol. The number of hydrogen-bond donors (Lipinski definition) is 4. The molecule has 4 N–H and O–H groups in total. The number of carbonyl (C=O) groups excluding carboxylic acids is 4. The molecule has 0 unspecified atom stereocenters. The van der Waals surface area contributed by atoms with E-state index in [1.807, 2.05) is 27.7 Å². The quantitative estimate of drug-likeness (QED) is 0.105. The van der Waals surface area contributed by atoms with E-state index in [-0.39, 0.29) is 77.1 Å². The van der Waals surface area contributed by atoms with Gasteiger partial charge in [-0.25, -0.2) is 14.6 Å². The lowest BCUT2D eigenvalue weighted by Gasteiger charge is -2.41. The van der Waals surface area contributed by atoms with Gasteiger partial charge < -0.3 is 49.2 Å². The molecule has 0 saturated carbocycles. The van der Waals surface area contributed by atoms with Gasteiger partial charge in [-0.2, -0.15) is 0 Å². The van der Waals surface area contributed by atoms with Crippen LogP contribution in [0.15, 0.2) is 65.5 Å². The Morgan fingerprint density at radius 2 is 1.67 bits per heavy atom. The Bertz CT molecular complexity index is 3150. The summed E-state index contributed by atoms with van der Waals surface area (Å²) in [5.74, 6) is -0.786. The largest absolute Gasteiger partial charge is 0.508 e. The van der Waals surface area contributed by atoms with Gasteiger partial charge in [-0.05, 0) is 91.4 Å². The molecule has 0 radical (unpaired) electrons. The van der Waals surface area contributed by atoms with E-state index in [9.17, 15) is 39.3 Å². The van der Waals surface area contributed by atoms with E-state index >= 15 is 0 Å². The molecule has 3 aromatic carbocycles. The summed E-state index contributed by atoms with van der Waals surface area (Å²) in [7, 11) is 1.50. The zero-order chi connectivity index (χ0) is 49.8. The number of benzene rings is 3. The van der Waals surface area contributed by atoms with Crippen molar-refractivity contribution in [1.29, 1.82) is 0 Å². The number of likely N-dealkylation sites (tertiary alicyclic amines) is 1. The van der Waals surface area contributed by atoms with E-state index in [1.165, 1.54) is 18.0 Å². The minimum atomic E-state index is -1.56. The Kier molecular flexibility index (Phi) is 12.6. The van der Waals surface area contributed by atoms with Crippen molar-refractivity contribution in [2.45, 2.75) is 91.1 Å². The molecule has 1 saturated heterocycles. The van der Waals surface area contributed by atoms with Crippen LogP contribution in [-0.4, -0.2) is 112 Å². The number of pyridine rings is 2. The lowest BCUT2D eigenvalue weighted by Crippen LogP contribution is -2.51. The van der Waals surface area contributed by atoms with Gasteiger partial charge in [0.15, 0.2) is 11.9 Å². The van der Waals surface area contributed by atoms with Crippen LogP contribution in [0.2, 0.25) is 0 Å². The van der Waals surface area contributed by atoms with Crippen LogP contribution >= 0.6 is 0 Å². The third-order valence-corrected chi connectivity index (χ3v) is 13.6. The molecule has 0 aliphatic carbocycles. The zero-order valence-electron chi connectivity index (χ0n) is 39.7. The fourth-order valence-electron chi connectivity index (χ4n) is 9.63. The zero-order valence-corrected chi connectivity index (χ0v) is 39.7. The molecule has 9 rings (SSSR count). The first-order valence-corrected chi connectivity index (χ1v) is 23.4. The van der Waals surface area contributed by atoms with E-state index in [0.717, 1.165) is 16.5 Å². The molecular formula is C51H54N8O11. The summed E-state index contributed by atoms with van der Waals surface area (Å²) in [4.78, 5) is 73.6. The Morgan fingerprint density at radius 3 is 2.36 bits per heavy atom. The summed E-state index contributed by atoms with van der Waals surface area (Å²) in [5.41, 5.74) is 4.37. The third kappa shape index (κ3) is 8.43. The number of carbonyl (C=O) groups is 4.